The molecular weight excluding hydrogens is 416 g/mol. The highest BCUT2D eigenvalue weighted by Gasteiger charge is 2.22. The average molecular weight is 440 g/mol. The molecule has 4 rings (SSSR count). The molecule has 0 saturated carbocycles. The minimum absolute atomic E-state index is 0.0351. The molecule has 12 heteroatoms. The number of nitrogens with one attached hydrogen (secondary N) is 1. The largest absolute Gasteiger partial charge is 0.454 e. The fraction of sp³-hybridized carbons (Fsp3) is 0.450. The van der Waals surface area contributed by atoms with Crippen LogP contribution in [0, 0.1) is 0 Å². The summed E-state index contributed by atoms with van der Waals surface area (Å²) in [5.41, 5.74) is 0.385. The van der Waals surface area contributed by atoms with Gasteiger partial charge in [-0.3, -0.25) is 14.3 Å². The smallest absolute Gasteiger partial charge is 0.342 e. The molecule has 0 aliphatic heterocycles. The summed E-state index contributed by atoms with van der Waals surface area (Å²) in [7, 11) is 1.64. The number of carbonyl (C=O) groups is 1. The molecule has 0 amide bonds. The fourth-order valence-electron chi connectivity index (χ4n) is 3.66. The number of nitrogens with zero attached hydrogens (tertiary/aromatic N) is 7. The Kier molecular flexibility index (Phi) is 5.59. The van der Waals surface area contributed by atoms with Crippen molar-refractivity contribution in [1.82, 2.24) is 38.7 Å². The van der Waals surface area contributed by atoms with Crippen LogP contribution >= 0.6 is 0 Å². The van der Waals surface area contributed by atoms with E-state index < -0.39 is 17.2 Å². The number of imidazole rings is 1. The van der Waals surface area contributed by atoms with Crippen LogP contribution in [-0.2, 0) is 24.9 Å². The molecule has 0 atom stereocenters. The van der Waals surface area contributed by atoms with Crippen molar-refractivity contribution >= 4 is 22.9 Å². The van der Waals surface area contributed by atoms with Gasteiger partial charge in [-0.25, -0.2) is 24.1 Å². The molecule has 168 valence electrons. The lowest BCUT2D eigenvalue weighted by atomic mass is 10.1. The number of hydrogen-bond acceptors (Lipinski definition) is 8. The van der Waals surface area contributed by atoms with Crippen LogP contribution in [0.15, 0.2) is 22.1 Å². The maximum Gasteiger partial charge on any atom is 0.342 e. The van der Waals surface area contributed by atoms with Crippen LogP contribution in [-0.4, -0.2) is 44.7 Å². The molecule has 32 heavy (non-hydrogen) atoms. The molecule has 0 spiro atoms. The normalized spacial score (nSPS) is 11.7. The van der Waals surface area contributed by atoms with Gasteiger partial charge in [0.05, 0.1) is 11.3 Å². The van der Waals surface area contributed by atoms with Gasteiger partial charge in [-0.15, -0.1) is 0 Å². The predicted octanol–water partition coefficient (Wildman–Crippen LogP) is 1.14. The number of aromatic amines is 1. The molecule has 4 heterocycles. The number of unbranched alkanes of at least 4 members (excludes halogenated alkanes) is 1. The summed E-state index contributed by atoms with van der Waals surface area (Å²) in [5.74, 6) is 0.107. The first kappa shape index (κ1) is 21.4. The van der Waals surface area contributed by atoms with E-state index in [1.807, 2.05) is 20.8 Å². The molecular formula is C20H24N8O4. The third-order valence-corrected chi connectivity index (χ3v) is 5.28. The maximum absolute atomic E-state index is 12.9. The van der Waals surface area contributed by atoms with Crippen molar-refractivity contribution in [1.29, 1.82) is 0 Å². The maximum atomic E-state index is 12.9. The molecule has 4 aromatic heterocycles. The monoisotopic (exact) mass is 440 g/mol. The molecule has 4 aromatic rings. The lowest BCUT2D eigenvalue weighted by Gasteiger charge is -2.13. The Balaban J connectivity index is 1.67. The Hall–Kier alpha value is -3.83. The van der Waals surface area contributed by atoms with Crippen LogP contribution in [0.5, 0.6) is 0 Å². The number of aryl methyl sites for hydroxylation is 2. The minimum atomic E-state index is -0.595. The first-order chi connectivity index (χ1) is 15.3. The van der Waals surface area contributed by atoms with Crippen molar-refractivity contribution in [3.8, 4) is 0 Å². The molecule has 0 saturated heterocycles. The number of aromatic nitrogens is 8. The highest BCUT2D eigenvalue weighted by Crippen LogP contribution is 2.20. The number of ether oxygens (including phenoxy) is 1. The van der Waals surface area contributed by atoms with Crippen molar-refractivity contribution in [3.63, 3.8) is 0 Å². The second-order valence-corrected chi connectivity index (χ2v) is 7.78. The quantitative estimate of drug-likeness (QED) is 0.422. The van der Waals surface area contributed by atoms with Gasteiger partial charge >= 0.3 is 11.7 Å². The first-order valence-corrected chi connectivity index (χ1v) is 10.4. The van der Waals surface area contributed by atoms with Gasteiger partial charge in [-0.2, -0.15) is 10.1 Å². The second-order valence-electron chi connectivity index (χ2n) is 7.78. The van der Waals surface area contributed by atoms with Crippen LogP contribution in [0.1, 0.15) is 61.4 Å². The third kappa shape index (κ3) is 3.57. The minimum Gasteiger partial charge on any atom is -0.454 e. The number of carbonyl (C=O) groups excluding carboxylic acids is 1. The van der Waals surface area contributed by atoms with Gasteiger partial charge < -0.3 is 9.30 Å². The molecule has 0 aliphatic carbocycles. The number of hydrogen-bond donors (Lipinski definition) is 1. The zero-order valence-electron chi connectivity index (χ0n) is 18.3. The third-order valence-electron chi connectivity index (χ3n) is 5.28. The van der Waals surface area contributed by atoms with Crippen LogP contribution in [0.25, 0.3) is 16.9 Å². The van der Waals surface area contributed by atoms with E-state index in [9.17, 15) is 14.4 Å². The molecule has 12 nitrogen and oxygen atoms in total. The van der Waals surface area contributed by atoms with Crippen molar-refractivity contribution in [2.75, 3.05) is 0 Å². The van der Waals surface area contributed by atoms with E-state index in [2.05, 4.69) is 25.0 Å². The van der Waals surface area contributed by atoms with Crippen molar-refractivity contribution in [2.24, 2.45) is 7.05 Å². The van der Waals surface area contributed by atoms with Crippen LogP contribution in [0.2, 0.25) is 0 Å². The Bertz CT molecular complexity index is 1430. The fourth-order valence-corrected chi connectivity index (χ4v) is 3.66. The lowest BCUT2D eigenvalue weighted by molar-refractivity contribution is 0.0456. The standard InChI is InChI=1S/C20H24N8O4/c1-5-6-7-27-16-15(17(29)25-20(27)31)26(4)13(24-16)9-32-18(30)12-8-21-19-22-10-23-28(19)14(12)11(2)3/h8,10-11H,5-7,9H2,1-4H3,(H,25,29,31). The van der Waals surface area contributed by atoms with Crippen molar-refractivity contribution in [2.45, 2.75) is 52.7 Å². The zero-order chi connectivity index (χ0) is 23.0. The van der Waals surface area contributed by atoms with Gasteiger partial charge in [0, 0.05) is 19.8 Å². The average Bonchev–Trinajstić information content (AvgIpc) is 3.35. The van der Waals surface area contributed by atoms with Crippen LogP contribution < -0.4 is 11.2 Å². The number of rotatable bonds is 7. The van der Waals surface area contributed by atoms with Gasteiger partial charge in [0.25, 0.3) is 11.3 Å². The lowest BCUT2D eigenvalue weighted by Crippen LogP contribution is -2.31. The summed E-state index contributed by atoms with van der Waals surface area (Å²) in [6.07, 6.45) is 4.44. The van der Waals surface area contributed by atoms with E-state index in [1.165, 1.54) is 26.2 Å². The van der Waals surface area contributed by atoms with E-state index in [1.54, 1.807) is 7.05 Å². The first-order valence-electron chi connectivity index (χ1n) is 10.4. The van der Waals surface area contributed by atoms with Crippen LogP contribution in [0.4, 0.5) is 0 Å². The summed E-state index contributed by atoms with van der Waals surface area (Å²) in [6.45, 7) is 6.12. The van der Waals surface area contributed by atoms with Gasteiger partial charge in [-0.05, 0) is 12.3 Å². The Morgan fingerprint density at radius 1 is 1.25 bits per heavy atom. The summed E-state index contributed by atoms with van der Waals surface area (Å²) in [5, 5.41) is 4.14. The predicted molar refractivity (Wildman–Crippen MR) is 114 cm³/mol. The number of H-pyrrole nitrogens is 1. The van der Waals surface area contributed by atoms with Crippen molar-refractivity contribution in [3.05, 3.63) is 50.4 Å². The van der Waals surface area contributed by atoms with E-state index in [4.69, 9.17) is 4.74 Å². The van der Waals surface area contributed by atoms with Gasteiger partial charge in [-0.1, -0.05) is 27.2 Å². The Morgan fingerprint density at radius 2 is 2.03 bits per heavy atom. The molecule has 0 radical (unpaired) electrons. The van der Waals surface area contributed by atoms with Gasteiger partial charge in [0.1, 0.15) is 18.8 Å². The molecule has 0 aliphatic rings. The van der Waals surface area contributed by atoms with E-state index in [0.29, 0.717) is 23.8 Å². The highest BCUT2D eigenvalue weighted by atomic mass is 16.5. The zero-order valence-corrected chi connectivity index (χ0v) is 18.3. The van der Waals surface area contributed by atoms with E-state index in [0.717, 1.165) is 12.8 Å². The van der Waals surface area contributed by atoms with E-state index in [-0.39, 0.29) is 29.3 Å². The summed E-state index contributed by atoms with van der Waals surface area (Å²) in [6, 6.07) is 0. The number of esters is 1. The molecule has 0 fully saturated rings. The second kappa shape index (κ2) is 8.36. The Labute approximate surface area is 181 Å². The summed E-state index contributed by atoms with van der Waals surface area (Å²) >= 11 is 0. The Morgan fingerprint density at radius 3 is 2.75 bits per heavy atom. The summed E-state index contributed by atoms with van der Waals surface area (Å²) in [4.78, 5) is 52.5. The number of fused-ring (bicyclic) bond motifs is 2. The molecule has 0 unspecified atom stereocenters. The summed E-state index contributed by atoms with van der Waals surface area (Å²) < 4.78 is 9.99. The molecule has 1 N–H and O–H groups in total. The van der Waals surface area contributed by atoms with Gasteiger partial charge in [0.2, 0.25) is 0 Å². The SMILES string of the molecule is CCCCn1c(=O)[nH]c(=O)c2c1nc(COC(=O)c1cnc3ncnn3c1C(C)C)n2C. The van der Waals surface area contributed by atoms with Crippen LogP contribution in [0.3, 0.4) is 0 Å². The molecule has 0 bridgehead atoms. The topological polar surface area (TPSA) is 142 Å². The molecule has 0 aromatic carbocycles. The highest BCUT2D eigenvalue weighted by molar-refractivity contribution is 5.90. The van der Waals surface area contributed by atoms with Crippen molar-refractivity contribution < 1.29 is 9.53 Å². The van der Waals surface area contributed by atoms with Gasteiger partial charge in [0.15, 0.2) is 11.2 Å². The van der Waals surface area contributed by atoms with E-state index >= 15 is 0 Å².